The Hall–Kier alpha value is -0.540. The minimum absolute atomic E-state index is 0.122. The molecule has 1 aromatic rings. The number of hydrogen-bond acceptors (Lipinski definition) is 2. The number of benzene rings is 1. The van der Waals surface area contributed by atoms with Gasteiger partial charge in [0.25, 0.3) is 0 Å². The Morgan fingerprint density at radius 1 is 1.32 bits per heavy atom. The monoisotopic (exact) mass is 321 g/mol. The summed E-state index contributed by atoms with van der Waals surface area (Å²) in [4.78, 5) is 0. The lowest BCUT2D eigenvalue weighted by Crippen LogP contribution is -2.47. The Balaban J connectivity index is 1.75. The van der Waals surface area contributed by atoms with Crippen molar-refractivity contribution < 1.29 is 4.74 Å². The normalized spacial score (nSPS) is 39.4. The highest BCUT2D eigenvalue weighted by Gasteiger charge is 2.55. The van der Waals surface area contributed by atoms with E-state index < -0.39 is 0 Å². The summed E-state index contributed by atoms with van der Waals surface area (Å²) in [5.74, 6) is 2.80. The van der Waals surface area contributed by atoms with Crippen LogP contribution in [0.1, 0.15) is 43.7 Å². The molecule has 0 amide bonds. The minimum atomic E-state index is 0.122. The zero-order valence-corrected chi connectivity index (χ0v) is 12.9. The fraction of sp³-hybridized carbons (Fsp3) is 0.625. The summed E-state index contributed by atoms with van der Waals surface area (Å²) in [6, 6.07) is 6.87. The van der Waals surface area contributed by atoms with Gasteiger partial charge in [-0.2, -0.15) is 0 Å². The quantitative estimate of drug-likeness (QED) is 0.842. The Morgan fingerprint density at radius 2 is 2.21 bits per heavy atom. The van der Waals surface area contributed by atoms with Crippen molar-refractivity contribution >= 4 is 15.9 Å². The van der Waals surface area contributed by atoms with Gasteiger partial charge in [0.05, 0.1) is 0 Å². The van der Waals surface area contributed by atoms with Gasteiger partial charge in [0.15, 0.2) is 0 Å². The molecule has 1 aliphatic heterocycles. The van der Waals surface area contributed by atoms with Crippen LogP contribution >= 0.6 is 15.9 Å². The first-order valence-electron chi connectivity index (χ1n) is 7.36. The molecule has 2 nitrogen and oxygen atoms in total. The molecule has 3 aliphatic rings. The summed E-state index contributed by atoms with van der Waals surface area (Å²) in [7, 11) is 2.07. The fourth-order valence-electron chi connectivity index (χ4n) is 4.63. The first-order valence-corrected chi connectivity index (χ1v) is 8.15. The summed E-state index contributed by atoms with van der Waals surface area (Å²) in [6.45, 7) is 0. The lowest BCUT2D eigenvalue weighted by atomic mass is 9.76. The first-order chi connectivity index (χ1) is 9.20. The Bertz CT molecular complexity index is 517. The molecule has 4 unspecified atom stereocenters. The third kappa shape index (κ3) is 1.78. The maximum atomic E-state index is 6.54. The number of nitrogens with one attached hydrogen (secondary N) is 1. The van der Waals surface area contributed by atoms with E-state index >= 15 is 0 Å². The van der Waals surface area contributed by atoms with Crippen LogP contribution in [-0.4, -0.2) is 12.6 Å². The Morgan fingerprint density at radius 3 is 2.89 bits per heavy atom. The lowest BCUT2D eigenvalue weighted by molar-refractivity contribution is -0.0176. The van der Waals surface area contributed by atoms with Crippen molar-refractivity contribution in [3.63, 3.8) is 0 Å². The average Bonchev–Trinajstić information content (AvgIpc) is 2.99. The van der Waals surface area contributed by atoms with Gasteiger partial charge >= 0.3 is 0 Å². The van der Waals surface area contributed by atoms with Crippen LogP contribution in [0.3, 0.4) is 0 Å². The summed E-state index contributed by atoms with van der Waals surface area (Å²) in [5, 5.41) is 3.50. The highest BCUT2D eigenvalue weighted by atomic mass is 79.9. The van der Waals surface area contributed by atoms with Crippen molar-refractivity contribution in [1.29, 1.82) is 0 Å². The highest BCUT2D eigenvalue weighted by Crippen LogP contribution is 2.58. The van der Waals surface area contributed by atoms with Crippen LogP contribution in [0.25, 0.3) is 0 Å². The molecule has 2 saturated carbocycles. The van der Waals surface area contributed by atoms with Gasteiger partial charge < -0.3 is 10.1 Å². The van der Waals surface area contributed by atoms with Crippen molar-refractivity contribution in [2.45, 2.75) is 43.7 Å². The number of hydrogen-bond donors (Lipinski definition) is 1. The molecular weight excluding hydrogens is 302 g/mol. The van der Waals surface area contributed by atoms with E-state index in [0.717, 1.165) is 28.5 Å². The topological polar surface area (TPSA) is 21.3 Å². The maximum absolute atomic E-state index is 6.54. The minimum Gasteiger partial charge on any atom is -0.487 e. The predicted molar refractivity (Wildman–Crippen MR) is 79.4 cm³/mol. The predicted octanol–water partition coefficient (Wildman–Crippen LogP) is 4.05. The molecule has 1 heterocycles. The van der Waals surface area contributed by atoms with Crippen LogP contribution < -0.4 is 10.1 Å². The third-order valence-corrected chi connectivity index (χ3v) is 5.97. The largest absolute Gasteiger partial charge is 0.487 e. The molecule has 1 spiro atoms. The lowest BCUT2D eigenvalue weighted by Gasteiger charge is -2.45. The SMILES string of the molecule is CNC1CC2(CC3CCC2C3)Oc2ccc(Br)cc21. The summed E-state index contributed by atoms with van der Waals surface area (Å²) in [5.41, 5.74) is 1.43. The van der Waals surface area contributed by atoms with Crippen LogP contribution in [0.15, 0.2) is 22.7 Å². The maximum Gasteiger partial charge on any atom is 0.125 e. The summed E-state index contributed by atoms with van der Waals surface area (Å²) >= 11 is 3.57. The average molecular weight is 322 g/mol. The molecule has 3 heteroatoms. The van der Waals surface area contributed by atoms with Crippen LogP contribution in [0, 0.1) is 11.8 Å². The third-order valence-electron chi connectivity index (χ3n) is 5.48. The zero-order chi connectivity index (χ0) is 13.0. The van der Waals surface area contributed by atoms with Gasteiger partial charge in [0.1, 0.15) is 11.4 Å². The number of fused-ring (bicyclic) bond motifs is 4. The van der Waals surface area contributed by atoms with E-state index in [4.69, 9.17) is 4.74 Å². The van der Waals surface area contributed by atoms with E-state index in [1.54, 1.807) is 0 Å². The molecule has 0 aromatic heterocycles. The molecule has 102 valence electrons. The molecule has 0 saturated heterocycles. The first kappa shape index (κ1) is 12.2. The van der Waals surface area contributed by atoms with E-state index in [-0.39, 0.29) is 5.60 Å². The van der Waals surface area contributed by atoms with Crippen LogP contribution in [0.2, 0.25) is 0 Å². The molecule has 19 heavy (non-hydrogen) atoms. The van der Waals surface area contributed by atoms with E-state index in [1.807, 2.05) is 0 Å². The molecular formula is C16H20BrNO. The van der Waals surface area contributed by atoms with Gasteiger partial charge in [-0.1, -0.05) is 15.9 Å². The van der Waals surface area contributed by atoms with Gasteiger partial charge in [-0.25, -0.2) is 0 Å². The fourth-order valence-corrected chi connectivity index (χ4v) is 5.01. The standard InChI is InChI=1S/C16H20BrNO/c1-18-14-9-16(8-10-2-3-11(16)6-10)19-15-5-4-12(17)7-13(14)15/h4-5,7,10-11,14,18H,2-3,6,8-9H2,1H3. The number of ether oxygens (including phenoxy) is 1. The second kappa shape index (κ2) is 4.23. The van der Waals surface area contributed by atoms with E-state index in [1.165, 1.54) is 31.2 Å². The second-order valence-electron chi connectivity index (χ2n) is 6.47. The van der Waals surface area contributed by atoms with Gasteiger partial charge in [0.2, 0.25) is 0 Å². The molecule has 0 radical (unpaired) electrons. The zero-order valence-electron chi connectivity index (χ0n) is 11.3. The van der Waals surface area contributed by atoms with Crippen molar-refractivity contribution in [2.24, 2.45) is 11.8 Å². The Labute approximate surface area is 123 Å². The molecule has 2 aliphatic carbocycles. The van der Waals surface area contributed by atoms with Gasteiger partial charge in [0, 0.05) is 22.5 Å². The molecule has 2 fully saturated rings. The van der Waals surface area contributed by atoms with Gasteiger partial charge in [-0.15, -0.1) is 0 Å². The van der Waals surface area contributed by atoms with E-state index in [2.05, 4.69) is 46.5 Å². The number of halogens is 1. The molecule has 4 rings (SSSR count). The van der Waals surface area contributed by atoms with Gasteiger partial charge in [-0.3, -0.25) is 0 Å². The van der Waals surface area contributed by atoms with Crippen molar-refractivity contribution in [2.75, 3.05) is 7.05 Å². The molecule has 1 N–H and O–H groups in total. The highest BCUT2D eigenvalue weighted by molar-refractivity contribution is 9.10. The van der Waals surface area contributed by atoms with Crippen molar-refractivity contribution in [3.8, 4) is 5.75 Å². The van der Waals surface area contributed by atoms with Crippen LogP contribution in [-0.2, 0) is 0 Å². The molecule has 2 bridgehead atoms. The van der Waals surface area contributed by atoms with Crippen LogP contribution in [0.5, 0.6) is 5.75 Å². The van der Waals surface area contributed by atoms with E-state index in [9.17, 15) is 0 Å². The second-order valence-corrected chi connectivity index (χ2v) is 7.39. The van der Waals surface area contributed by atoms with Crippen molar-refractivity contribution in [3.05, 3.63) is 28.2 Å². The Kier molecular flexibility index (Phi) is 2.72. The van der Waals surface area contributed by atoms with Crippen molar-refractivity contribution in [1.82, 2.24) is 5.32 Å². The summed E-state index contributed by atoms with van der Waals surface area (Å²) < 4.78 is 7.68. The van der Waals surface area contributed by atoms with Crippen LogP contribution in [0.4, 0.5) is 0 Å². The smallest absolute Gasteiger partial charge is 0.125 e. The molecule has 4 atom stereocenters. The molecule has 1 aromatic carbocycles. The van der Waals surface area contributed by atoms with E-state index in [0.29, 0.717) is 6.04 Å². The van der Waals surface area contributed by atoms with Gasteiger partial charge in [-0.05, 0) is 62.8 Å². The summed E-state index contributed by atoms with van der Waals surface area (Å²) in [6.07, 6.45) is 6.59. The number of rotatable bonds is 1.